The molecule has 3 nitrogen and oxygen atoms in total. The van der Waals surface area contributed by atoms with Crippen LogP contribution in [-0.2, 0) is 4.74 Å². The molecule has 2 unspecified atom stereocenters. The van der Waals surface area contributed by atoms with Crippen LogP contribution in [0.3, 0.4) is 0 Å². The standard InChI is InChI=1S/C13H18FNO2S/c1-17-8-9(16)7-15-12-5-6-18-13-10(12)3-2-4-11(13)14/h2-4,9,12,15-16H,5-8H2,1H3. The molecule has 5 heteroatoms. The third-order valence-electron chi connectivity index (χ3n) is 2.98. The molecule has 0 spiro atoms. The number of fused-ring (bicyclic) bond motifs is 1. The average Bonchev–Trinajstić information content (AvgIpc) is 2.37. The zero-order valence-electron chi connectivity index (χ0n) is 10.4. The Labute approximate surface area is 111 Å². The van der Waals surface area contributed by atoms with Crippen molar-refractivity contribution in [2.75, 3.05) is 26.0 Å². The molecule has 1 heterocycles. The van der Waals surface area contributed by atoms with Crippen molar-refractivity contribution in [1.82, 2.24) is 5.32 Å². The lowest BCUT2D eigenvalue weighted by atomic mass is 10.0. The van der Waals surface area contributed by atoms with Gasteiger partial charge in [-0.2, -0.15) is 0 Å². The van der Waals surface area contributed by atoms with Gasteiger partial charge in [-0.25, -0.2) is 4.39 Å². The molecule has 18 heavy (non-hydrogen) atoms. The van der Waals surface area contributed by atoms with E-state index in [0.717, 1.165) is 22.6 Å². The van der Waals surface area contributed by atoms with Gasteiger partial charge in [0.1, 0.15) is 5.82 Å². The maximum absolute atomic E-state index is 13.6. The molecule has 0 bridgehead atoms. The van der Waals surface area contributed by atoms with Crippen LogP contribution in [0.1, 0.15) is 18.0 Å². The van der Waals surface area contributed by atoms with Crippen molar-refractivity contribution in [3.05, 3.63) is 29.6 Å². The van der Waals surface area contributed by atoms with Crippen LogP contribution in [-0.4, -0.2) is 37.2 Å². The van der Waals surface area contributed by atoms with E-state index in [2.05, 4.69) is 5.32 Å². The van der Waals surface area contributed by atoms with E-state index in [1.807, 2.05) is 6.07 Å². The van der Waals surface area contributed by atoms with Crippen LogP contribution >= 0.6 is 11.8 Å². The highest BCUT2D eigenvalue weighted by Gasteiger charge is 2.23. The molecule has 0 aromatic heterocycles. The van der Waals surface area contributed by atoms with E-state index in [4.69, 9.17) is 4.74 Å². The topological polar surface area (TPSA) is 41.5 Å². The second-order valence-corrected chi connectivity index (χ2v) is 5.47. The van der Waals surface area contributed by atoms with E-state index in [-0.39, 0.29) is 11.9 Å². The monoisotopic (exact) mass is 271 g/mol. The predicted molar refractivity (Wildman–Crippen MR) is 70.4 cm³/mol. The number of aliphatic hydroxyl groups excluding tert-OH is 1. The summed E-state index contributed by atoms with van der Waals surface area (Å²) < 4.78 is 18.5. The number of methoxy groups -OCH3 is 1. The van der Waals surface area contributed by atoms with Gasteiger partial charge in [0.05, 0.1) is 12.7 Å². The third kappa shape index (κ3) is 3.23. The summed E-state index contributed by atoms with van der Waals surface area (Å²) in [6.45, 7) is 0.767. The molecule has 0 saturated carbocycles. The molecule has 2 atom stereocenters. The van der Waals surface area contributed by atoms with Gasteiger partial charge in [-0.1, -0.05) is 12.1 Å². The van der Waals surface area contributed by atoms with E-state index < -0.39 is 6.10 Å². The first-order valence-corrected chi connectivity index (χ1v) is 7.02. The molecule has 1 aromatic rings. The number of hydrogen-bond donors (Lipinski definition) is 2. The van der Waals surface area contributed by atoms with Gasteiger partial charge in [0.25, 0.3) is 0 Å². The van der Waals surface area contributed by atoms with Gasteiger partial charge in [-0.3, -0.25) is 0 Å². The molecule has 0 aliphatic carbocycles. The minimum Gasteiger partial charge on any atom is -0.389 e. The summed E-state index contributed by atoms with van der Waals surface area (Å²) >= 11 is 1.56. The molecule has 0 saturated heterocycles. The molecular formula is C13H18FNO2S. The summed E-state index contributed by atoms with van der Waals surface area (Å²) in [6.07, 6.45) is 0.419. The summed E-state index contributed by atoms with van der Waals surface area (Å²) in [5, 5.41) is 12.9. The molecule has 1 aliphatic heterocycles. The minimum absolute atomic E-state index is 0.114. The van der Waals surface area contributed by atoms with Crippen LogP contribution in [0, 0.1) is 5.82 Å². The fourth-order valence-electron chi connectivity index (χ4n) is 2.13. The number of ether oxygens (including phenoxy) is 1. The predicted octanol–water partition coefficient (Wildman–Crippen LogP) is 1.96. The molecule has 0 amide bonds. The Morgan fingerprint density at radius 3 is 3.22 bits per heavy atom. The van der Waals surface area contributed by atoms with Gasteiger partial charge in [0.15, 0.2) is 0 Å². The van der Waals surface area contributed by atoms with E-state index in [9.17, 15) is 9.50 Å². The summed E-state index contributed by atoms with van der Waals surface area (Å²) in [7, 11) is 1.56. The second-order valence-electron chi connectivity index (χ2n) is 4.37. The summed E-state index contributed by atoms with van der Waals surface area (Å²) in [5.41, 5.74) is 0.996. The Bertz CT molecular complexity index is 403. The molecule has 0 radical (unpaired) electrons. The van der Waals surface area contributed by atoms with Crippen LogP contribution in [0.4, 0.5) is 4.39 Å². The number of nitrogens with one attached hydrogen (secondary N) is 1. The van der Waals surface area contributed by atoms with Crippen molar-refractivity contribution in [2.24, 2.45) is 0 Å². The highest BCUT2D eigenvalue weighted by atomic mass is 32.2. The SMILES string of the molecule is COCC(O)CNC1CCSc2c(F)cccc21. The van der Waals surface area contributed by atoms with E-state index in [0.29, 0.717) is 13.2 Å². The number of aliphatic hydroxyl groups is 1. The van der Waals surface area contributed by atoms with Crippen LogP contribution in [0.15, 0.2) is 23.1 Å². The molecular weight excluding hydrogens is 253 g/mol. The summed E-state index contributed by atoms with van der Waals surface area (Å²) in [6, 6.07) is 5.29. The smallest absolute Gasteiger partial charge is 0.137 e. The van der Waals surface area contributed by atoms with Gasteiger partial charge in [0.2, 0.25) is 0 Å². The first-order valence-electron chi connectivity index (χ1n) is 6.04. The number of hydrogen-bond acceptors (Lipinski definition) is 4. The van der Waals surface area contributed by atoms with Crippen molar-refractivity contribution in [3.8, 4) is 0 Å². The average molecular weight is 271 g/mol. The largest absolute Gasteiger partial charge is 0.389 e. The number of benzene rings is 1. The number of thioether (sulfide) groups is 1. The lowest BCUT2D eigenvalue weighted by Crippen LogP contribution is -2.34. The Balaban J connectivity index is 2.02. The molecule has 0 fully saturated rings. The van der Waals surface area contributed by atoms with E-state index in [1.165, 1.54) is 6.07 Å². The second kappa shape index (κ2) is 6.52. The van der Waals surface area contributed by atoms with Crippen molar-refractivity contribution >= 4 is 11.8 Å². The van der Waals surface area contributed by atoms with Gasteiger partial charge < -0.3 is 15.2 Å². The number of rotatable bonds is 5. The first-order chi connectivity index (χ1) is 8.72. The highest BCUT2D eigenvalue weighted by Crippen LogP contribution is 2.37. The zero-order chi connectivity index (χ0) is 13.0. The van der Waals surface area contributed by atoms with Crippen LogP contribution < -0.4 is 5.32 Å². The molecule has 2 rings (SSSR count). The quantitative estimate of drug-likeness (QED) is 0.859. The summed E-state index contributed by atoms with van der Waals surface area (Å²) in [4.78, 5) is 0.738. The van der Waals surface area contributed by atoms with Gasteiger partial charge in [-0.15, -0.1) is 11.8 Å². The lowest BCUT2D eigenvalue weighted by molar-refractivity contribution is 0.0625. The van der Waals surface area contributed by atoms with Gasteiger partial charge >= 0.3 is 0 Å². The maximum atomic E-state index is 13.6. The van der Waals surface area contributed by atoms with Crippen molar-refractivity contribution in [2.45, 2.75) is 23.5 Å². The fourth-order valence-corrected chi connectivity index (χ4v) is 3.27. The van der Waals surface area contributed by atoms with Crippen molar-refractivity contribution < 1.29 is 14.2 Å². The highest BCUT2D eigenvalue weighted by molar-refractivity contribution is 7.99. The van der Waals surface area contributed by atoms with Crippen molar-refractivity contribution in [1.29, 1.82) is 0 Å². The molecule has 100 valence electrons. The Kier molecular flexibility index (Phi) is 5.00. The third-order valence-corrected chi connectivity index (χ3v) is 4.14. The van der Waals surface area contributed by atoms with E-state index in [1.54, 1.807) is 24.9 Å². The first kappa shape index (κ1) is 13.8. The molecule has 2 N–H and O–H groups in total. The Morgan fingerprint density at radius 2 is 2.44 bits per heavy atom. The maximum Gasteiger partial charge on any atom is 0.137 e. The zero-order valence-corrected chi connectivity index (χ0v) is 11.2. The molecule has 1 aromatic carbocycles. The van der Waals surface area contributed by atoms with Crippen LogP contribution in [0.25, 0.3) is 0 Å². The fraction of sp³-hybridized carbons (Fsp3) is 0.538. The van der Waals surface area contributed by atoms with Crippen LogP contribution in [0.2, 0.25) is 0 Å². The van der Waals surface area contributed by atoms with Crippen LogP contribution in [0.5, 0.6) is 0 Å². The molecule has 1 aliphatic rings. The lowest BCUT2D eigenvalue weighted by Gasteiger charge is -2.27. The summed E-state index contributed by atoms with van der Waals surface area (Å²) in [5.74, 6) is 0.743. The van der Waals surface area contributed by atoms with Gasteiger partial charge in [0, 0.05) is 24.6 Å². The Morgan fingerprint density at radius 1 is 1.61 bits per heavy atom. The van der Waals surface area contributed by atoms with Gasteiger partial charge in [-0.05, 0) is 23.8 Å². The Hall–Kier alpha value is -0.620. The normalized spacial score (nSPS) is 20.5. The minimum atomic E-state index is -0.526. The van der Waals surface area contributed by atoms with Crippen molar-refractivity contribution in [3.63, 3.8) is 0 Å². The number of halogens is 1. The van der Waals surface area contributed by atoms with E-state index >= 15 is 0 Å².